The molecule has 30 heavy (non-hydrogen) atoms. The molecule has 2 aromatic carbocycles. The van der Waals surface area contributed by atoms with Crippen LogP contribution in [0.15, 0.2) is 47.1 Å². The molecule has 154 valence electrons. The number of aromatic nitrogens is 3. The number of ether oxygens (including phenoxy) is 2. The first-order valence-corrected chi connectivity index (χ1v) is 11.4. The smallest absolute Gasteiger partial charge is 0.244 e. The molecule has 5 rings (SSSR count). The lowest BCUT2D eigenvalue weighted by atomic mass is 10.2. The van der Waals surface area contributed by atoms with Crippen molar-refractivity contribution < 1.29 is 17.9 Å². The van der Waals surface area contributed by atoms with E-state index in [1.54, 1.807) is 22.9 Å². The van der Waals surface area contributed by atoms with Gasteiger partial charge in [0.05, 0.1) is 47.6 Å². The van der Waals surface area contributed by atoms with Crippen molar-refractivity contribution in [2.75, 3.05) is 25.6 Å². The normalized spacial score (nSPS) is 14.7. The number of nitrogens with zero attached hydrogens (tertiary/aromatic N) is 3. The van der Waals surface area contributed by atoms with Gasteiger partial charge in [0.1, 0.15) is 22.8 Å². The van der Waals surface area contributed by atoms with E-state index in [1.165, 1.54) is 19.5 Å². The van der Waals surface area contributed by atoms with Crippen LogP contribution in [0.25, 0.3) is 21.1 Å². The first-order valence-electron chi connectivity index (χ1n) is 9.06. The van der Waals surface area contributed by atoms with Gasteiger partial charge < -0.3 is 14.8 Å². The fourth-order valence-electron chi connectivity index (χ4n) is 3.19. The second kappa shape index (κ2) is 7.43. The molecule has 0 unspecified atom stereocenters. The van der Waals surface area contributed by atoms with Gasteiger partial charge in [0, 0.05) is 17.1 Å². The van der Waals surface area contributed by atoms with Crippen LogP contribution in [0.5, 0.6) is 5.75 Å². The van der Waals surface area contributed by atoms with Gasteiger partial charge in [0.15, 0.2) is 0 Å². The number of anilines is 2. The highest BCUT2D eigenvalue weighted by Gasteiger charge is 2.28. The summed E-state index contributed by atoms with van der Waals surface area (Å²) in [4.78, 5) is 12.9. The van der Waals surface area contributed by atoms with Crippen molar-refractivity contribution in [1.29, 1.82) is 0 Å². The zero-order chi connectivity index (χ0) is 20.7. The maximum atomic E-state index is 12.9. The highest BCUT2D eigenvalue weighted by molar-refractivity contribution is 7.89. The summed E-state index contributed by atoms with van der Waals surface area (Å²) in [6.07, 6.45) is 1.42. The van der Waals surface area contributed by atoms with Gasteiger partial charge in [-0.2, -0.15) is 0 Å². The summed E-state index contributed by atoms with van der Waals surface area (Å²) in [5, 5.41) is 3.80. The topological polar surface area (TPSA) is 115 Å². The first kappa shape index (κ1) is 19.1. The second-order valence-corrected chi connectivity index (χ2v) is 9.33. The Bertz CT molecular complexity index is 1350. The van der Waals surface area contributed by atoms with E-state index in [0.717, 1.165) is 15.9 Å². The highest BCUT2D eigenvalue weighted by Crippen LogP contribution is 2.33. The van der Waals surface area contributed by atoms with Crippen molar-refractivity contribution in [2.24, 2.45) is 0 Å². The van der Waals surface area contributed by atoms with Crippen molar-refractivity contribution in [3.05, 3.63) is 42.2 Å². The van der Waals surface area contributed by atoms with E-state index in [9.17, 15) is 8.42 Å². The number of hydrogen-bond donors (Lipinski definition) is 2. The SMILES string of the molecule is COc1cc2ncnc(Nc3ccc4scnc4c3)c2cc1S(=O)(=O)NC1COC1. The average Bonchev–Trinajstić information content (AvgIpc) is 3.18. The molecule has 2 aromatic heterocycles. The fraction of sp³-hybridized carbons (Fsp3) is 0.211. The summed E-state index contributed by atoms with van der Waals surface area (Å²) in [7, 11) is -2.39. The predicted molar refractivity (Wildman–Crippen MR) is 114 cm³/mol. The standard InChI is InChI=1S/C19H17N5O4S2/c1-27-16-6-14-13(5-18(16)30(25,26)24-12-7-28-8-12)19(21-9-20-14)23-11-2-3-17-15(4-11)22-10-29-17/h2-6,9-10,12,24H,7-8H2,1H3,(H,20,21,23). The number of rotatable bonds is 6. The quantitative estimate of drug-likeness (QED) is 0.467. The molecule has 3 heterocycles. The van der Waals surface area contributed by atoms with E-state index in [4.69, 9.17) is 9.47 Å². The Hall–Kier alpha value is -2.86. The van der Waals surface area contributed by atoms with Crippen LogP contribution in [0.3, 0.4) is 0 Å². The largest absolute Gasteiger partial charge is 0.495 e. The molecule has 1 saturated heterocycles. The molecule has 0 saturated carbocycles. The Morgan fingerprint density at radius 1 is 1.13 bits per heavy atom. The zero-order valence-electron chi connectivity index (χ0n) is 15.8. The molecule has 1 aliphatic rings. The van der Waals surface area contributed by atoms with Crippen LogP contribution >= 0.6 is 11.3 Å². The number of thiazole rings is 1. The predicted octanol–water partition coefficient (Wildman–Crippen LogP) is 2.67. The minimum absolute atomic E-state index is 0.0252. The summed E-state index contributed by atoms with van der Waals surface area (Å²) < 4.78 is 40.0. The maximum Gasteiger partial charge on any atom is 0.244 e. The van der Waals surface area contributed by atoms with Crippen molar-refractivity contribution in [3.8, 4) is 5.75 Å². The van der Waals surface area contributed by atoms with E-state index < -0.39 is 10.0 Å². The van der Waals surface area contributed by atoms with Crippen molar-refractivity contribution in [2.45, 2.75) is 10.9 Å². The van der Waals surface area contributed by atoms with E-state index in [0.29, 0.717) is 29.9 Å². The van der Waals surface area contributed by atoms with E-state index in [-0.39, 0.29) is 16.7 Å². The number of sulfonamides is 1. The molecule has 0 amide bonds. The minimum atomic E-state index is -3.81. The Morgan fingerprint density at radius 3 is 2.77 bits per heavy atom. The average molecular weight is 444 g/mol. The number of hydrogen-bond acceptors (Lipinski definition) is 9. The third-order valence-corrected chi connectivity index (χ3v) is 7.11. The molecule has 2 N–H and O–H groups in total. The second-order valence-electron chi connectivity index (χ2n) is 6.76. The highest BCUT2D eigenvalue weighted by atomic mass is 32.2. The Balaban J connectivity index is 1.58. The maximum absolute atomic E-state index is 12.9. The molecule has 0 bridgehead atoms. The van der Waals surface area contributed by atoms with Crippen LogP contribution in [0.4, 0.5) is 11.5 Å². The van der Waals surface area contributed by atoms with Crippen LogP contribution < -0.4 is 14.8 Å². The van der Waals surface area contributed by atoms with E-state index in [2.05, 4.69) is 25.0 Å². The van der Waals surface area contributed by atoms with Gasteiger partial charge in [-0.05, 0) is 24.3 Å². The lowest BCUT2D eigenvalue weighted by Crippen LogP contribution is -2.48. The fourth-order valence-corrected chi connectivity index (χ4v) is 5.23. The van der Waals surface area contributed by atoms with Gasteiger partial charge in [-0.25, -0.2) is 28.1 Å². The van der Waals surface area contributed by atoms with Crippen LogP contribution in [-0.2, 0) is 14.8 Å². The Kier molecular flexibility index (Phi) is 4.74. The summed E-state index contributed by atoms with van der Waals surface area (Å²) in [6, 6.07) is 8.69. The monoisotopic (exact) mass is 443 g/mol. The van der Waals surface area contributed by atoms with E-state index >= 15 is 0 Å². The van der Waals surface area contributed by atoms with Crippen molar-refractivity contribution >= 4 is 54.0 Å². The molecule has 0 spiro atoms. The molecule has 1 fully saturated rings. The molecule has 11 heteroatoms. The summed E-state index contributed by atoms with van der Waals surface area (Å²) in [6.45, 7) is 0.703. The van der Waals surface area contributed by atoms with Gasteiger partial charge in [-0.3, -0.25) is 0 Å². The molecule has 0 aliphatic carbocycles. The molecular weight excluding hydrogens is 426 g/mol. The molecule has 9 nitrogen and oxygen atoms in total. The molecule has 4 aromatic rings. The van der Waals surface area contributed by atoms with Crippen molar-refractivity contribution in [1.82, 2.24) is 19.7 Å². The van der Waals surface area contributed by atoms with Crippen LogP contribution in [-0.4, -0.2) is 49.7 Å². The van der Waals surface area contributed by atoms with Gasteiger partial charge in [0.2, 0.25) is 10.0 Å². The third-order valence-electron chi connectivity index (χ3n) is 4.76. The molecular formula is C19H17N5O4S2. The number of benzene rings is 2. The van der Waals surface area contributed by atoms with E-state index in [1.807, 2.05) is 18.2 Å². The number of fused-ring (bicyclic) bond motifs is 2. The zero-order valence-corrected chi connectivity index (χ0v) is 17.5. The van der Waals surface area contributed by atoms with Gasteiger partial charge >= 0.3 is 0 Å². The lowest BCUT2D eigenvalue weighted by Gasteiger charge is -2.26. The molecule has 0 radical (unpaired) electrons. The number of nitrogens with one attached hydrogen (secondary N) is 2. The Labute approximate surface area is 176 Å². The molecule has 0 atom stereocenters. The van der Waals surface area contributed by atoms with Crippen LogP contribution in [0, 0.1) is 0 Å². The van der Waals surface area contributed by atoms with Crippen LogP contribution in [0.1, 0.15) is 0 Å². The first-order chi connectivity index (χ1) is 14.5. The minimum Gasteiger partial charge on any atom is -0.495 e. The summed E-state index contributed by atoms with van der Waals surface area (Å²) >= 11 is 1.56. The lowest BCUT2D eigenvalue weighted by molar-refractivity contribution is 0.00481. The summed E-state index contributed by atoms with van der Waals surface area (Å²) in [5.74, 6) is 0.699. The van der Waals surface area contributed by atoms with Gasteiger partial charge in [-0.1, -0.05) is 0 Å². The summed E-state index contributed by atoms with van der Waals surface area (Å²) in [5.41, 5.74) is 4.02. The van der Waals surface area contributed by atoms with Crippen molar-refractivity contribution in [3.63, 3.8) is 0 Å². The van der Waals surface area contributed by atoms with Gasteiger partial charge in [0.25, 0.3) is 0 Å². The number of methoxy groups -OCH3 is 1. The third kappa shape index (κ3) is 3.45. The Morgan fingerprint density at radius 2 is 2.00 bits per heavy atom. The van der Waals surface area contributed by atoms with Gasteiger partial charge in [-0.15, -0.1) is 11.3 Å². The molecule has 1 aliphatic heterocycles. The van der Waals surface area contributed by atoms with Crippen LogP contribution in [0.2, 0.25) is 0 Å².